The minimum absolute atomic E-state index is 0.226. The highest BCUT2D eigenvalue weighted by atomic mass is 16.1. The van der Waals surface area contributed by atoms with Crippen molar-refractivity contribution in [3.8, 4) is 0 Å². The Morgan fingerprint density at radius 1 is 0.679 bits per heavy atom. The van der Waals surface area contributed by atoms with Crippen molar-refractivity contribution in [2.75, 3.05) is 0 Å². The summed E-state index contributed by atoms with van der Waals surface area (Å²) in [6.45, 7) is 0. The van der Waals surface area contributed by atoms with E-state index in [1.54, 1.807) is 24.5 Å². The average molecular weight is 368 g/mol. The Balaban J connectivity index is 1.83. The number of allylic oxidation sites excluding steroid dienone is 2. The molecule has 136 valence electrons. The number of ketones is 1. The normalized spacial score (nSPS) is 12.1. The molecule has 0 fully saturated rings. The monoisotopic (exact) mass is 368 g/mol. The van der Waals surface area contributed by atoms with Crippen LogP contribution < -0.4 is 0 Å². The predicted molar refractivity (Wildman–Crippen MR) is 106 cm³/mol. The Morgan fingerprint density at radius 3 is 1.46 bits per heavy atom. The van der Waals surface area contributed by atoms with E-state index < -0.39 is 0 Å². The lowest BCUT2D eigenvalue weighted by Crippen LogP contribution is -2.06. The molecule has 0 saturated carbocycles. The summed E-state index contributed by atoms with van der Waals surface area (Å²) >= 11 is 0. The van der Waals surface area contributed by atoms with Gasteiger partial charge in [-0.05, 0) is 23.3 Å². The molecule has 0 spiro atoms. The summed E-state index contributed by atoms with van der Waals surface area (Å²) in [5, 5.41) is 20.9. The Kier molecular flexibility index (Phi) is 4.97. The fourth-order valence-electron chi connectivity index (χ4n) is 2.76. The number of H-pyrrole nitrogens is 2. The lowest BCUT2D eigenvalue weighted by molar-refractivity contribution is -0.108. The van der Waals surface area contributed by atoms with E-state index in [1.165, 1.54) is 0 Å². The fourth-order valence-corrected chi connectivity index (χ4v) is 2.76. The molecule has 0 aliphatic heterocycles. The minimum Gasteiger partial charge on any atom is -0.288 e. The summed E-state index contributed by atoms with van der Waals surface area (Å²) in [5.74, 6) is -0.226. The van der Waals surface area contributed by atoms with E-state index in [-0.39, 0.29) is 5.78 Å². The molecule has 0 bridgehead atoms. The summed E-state index contributed by atoms with van der Waals surface area (Å²) < 4.78 is 0. The largest absolute Gasteiger partial charge is 0.288 e. The minimum atomic E-state index is -0.226. The van der Waals surface area contributed by atoms with E-state index in [0.717, 1.165) is 11.1 Å². The van der Waals surface area contributed by atoms with Gasteiger partial charge in [-0.25, -0.2) is 0 Å². The zero-order chi connectivity index (χ0) is 19.2. The molecule has 0 aliphatic carbocycles. The van der Waals surface area contributed by atoms with Crippen LogP contribution in [0.5, 0.6) is 0 Å². The van der Waals surface area contributed by atoms with E-state index in [9.17, 15) is 4.79 Å². The number of aromatic amines is 2. The van der Waals surface area contributed by atoms with Crippen molar-refractivity contribution in [1.29, 1.82) is 0 Å². The van der Waals surface area contributed by atoms with Crippen LogP contribution in [-0.2, 0) is 4.79 Å². The highest BCUT2D eigenvalue weighted by Crippen LogP contribution is 2.26. The van der Waals surface area contributed by atoms with Crippen molar-refractivity contribution in [3.63, 3.8) is 0 Å². The Bertz CT molecular complexity index is 1010. The first-order valence-corrected chi connectivity index (χ1v) is 8.63. The van der Waals surface area contributed by atoms with Crippen molar-refractivity contribution in [2.24, 2.45) is 0 Å². The third-order valence-corrected chi connectivity index (χ3v) is 4.10. The first-order valence-electron chi connectivity index (χ1n) is 8.63. The molecule has 28 heavy (non-hydrogen) atoms. The SMILES string of the molecule is O=C(C(=Cc1ccccc1)c1c[nH]nn1)C(=Cc1ccccc1)c1c[nH]nn1. The van der Waals surface area contributed by atoms with Crippen molar-refractivity contribution in [3.05, 3.63) is 95.6 Å². The van der Waals surface area contributed by atoms with E-state index in [2.05, 4.69) is 30.8 Å². The zero-order valence-corrected chi connectivity index (χ0v) is 14.8. The quantitative estimate of drug-likeness (QED) is 0.509. The number of Topliss-reactive ketones (excluding diaryl/α,β-unsaturated/α-hetero) is 1. The molecule has 2 aromatic carbocycles. The third kappa shape index (κ3) is 3.83. The second kappa shape index (κ2) is 8.05. The van der Waals surface area contributed by atoms with Crippen LogP contribution in [0.2, 0.25) is 0 Å². The second-order valence-corrected chi connectivity index (χ2v) is 5.98. The van der Waals surface area contributed by atoms with Crippen molar-refractivity contribution < 1.29 is 4.79 Å². The van der Waals surface area contributed by atoms with E-state index >= 15 is 0 Å². The highest BCUT2D eigenvalue weighted by Gasteiger charge is 2.22. The summed E-state index contributed by atoms with van der Waals surface area (Å²) in [6.07, 6.45) is 6.77. The molecule has 7 heteroatoms. The van der Waals surface area contributed by atoms with Crippen molar-refractivity contribution in [1.82, 2.24) is 30.8 Å². The van der Waals surface area contributed by atoms with Gasteiger partial charge in [0.05, 0.1) is 23.5 Å². The van der Waals surface area contributed by atoms with E-state index in [4.69, 9.17) is 0 Å². The number of carbonyl (C=O) groups excluding carboxylic acids is 1. The number of nitrogens with one attached hydrogen (secondary N) is 2. The molecule has 0 radical (unpaired) electrons. The third-order valence-electron chi connectivity index (χ3n) is 4.10. The van der Waals surface area contributed by atoms with Gasteiger partial charge in [0.1, 0.15) is 11.4 Å². The number of aromatic nitrogens is 6. The summed E-state index contributed by atoms with van der Waals surface area (Å²) in [4.78, 5) is 13.5. The van der Waals surface area contributed by atoms with Gasteiger partial charge in [0.15, 0.2) is 5.78 Å². The lowest BCUT2D eigenvalue weighted by atomic mass is 9.95. The van der Waals surface area contributed by atoms with Crippen LogP contribution in [0.15, 0.2) is 73.1 Å². The first-order chi connectivity index (χ1) is 13.8. The molecule has 0 unspecified atom stereocenters. The number of benzene rings is 2. The second-order valence-electron chi connectivity index (χ2n) is 5.98. The molecule has 2 heterocycles. The summed E-state index contributed by atoms with van der Waals surface area (Å²) in [5.41, 5.74) is 3.49. The Hall–Kier alpha value is -4.13. The summed E-state index contributed by atoms with van der Waals surface area (Å²) in [6, 6.07) is 19.2. The van der Waals surface area contributed by atoms with Gasteiger partial charge in [-0.3, -0.25) is 15.0 Å². The number of carbonyl (C=O) groups is 1. The zero-order valence-electron chi connectivity index (χ0n) is 14.8. The molecule has 2 aromatic heterocycles. The van der Waals surface area contributed by atoms with Crippen LogP contribution >= 0.6 is 0 Å². The standard InChI is InChI=1S/C21H16N6O/c28-21(17(19-13-22-26-24-19)11-15-7-3-1-4-8-15)18(20-14-23-27-25-20)12-16-9-5-2-6-10-16/h1-14H,(H,22,24,26)(H,23,25,27). The van der Waals surface area contributed by atoms with Gasteiger partial charge in [0.25, 0.3) is 0 Å². The van der Waals surface area contributed by atoms with Crippen LogP contribution in [-0.4, -0.2) is 36.6 Å². The topological polar surface area (TPSA) is 100 Å². The summed E-state index contributed by atoms with van der Waals surface area (Å²) in [7, 11) is 0. The molecule has 0 aliphatic rings. The molecule has 4 aromatic rings. The average Bonchev–Trinajstić information content (AvgIpc) is 3.46. The lowest BCUT2D eigenvalue weighted by Gasteiger charge is -2.07. The van der Waals surface area contributed by atoms with Gasteiger partial charge in [-0.1, -0.05) is 71.1 Å². The molecule has 4 rings (SSSR count). The molecule has 0 saturated heterocycles. The van der Waals surface area contributed by atoms with Crippen LogP contribution in [0.3, 0.4) is 0 Å². The van der Waals surface area contributed by atoms with Gasteiger partial charge in [0, 0.05) is 0 Å². The van der Waals surface area contributed by atoms with E-state index in [0.29, 0.717) is 22.5 Å². The van der Waals surface area contributed by atoms with E-state index in [1.807, 2.05) is 60.7 Å². The number of hydrogen-bond acceptors (Lipinski definition) is 5. The number of nitrogens with zero attached hydrogens (tertiary/aromatic N) is 4. The fraction of sp³-hybridized carbons (Fsp3) is 0. The highest BCUT2D eigenvalue weighted by molar-refractivity contribution is 6.45. The first kappa shape index (κ1) is 17.3. The Morgan fingerprint density at radius 2 is 1.11 bits per heavy atom. The van der Waals surface area contributed by atoms with Crippen LogP contribution in [0.4, 0.5) is 0 Å². The Labute approximate surface area is 160 Å². The van der Waals surface area contributed by atoms with Gasteiger partial charge in [-0.2, -0.15) is 0 Å². The van der Waals surface area contributed by atoms with Gasteiger partial charge in [-0.15, -0.1) is 10.2 Å². The van der Waals surface area contributed by atoms with Gasteiger partial charge in [0.2, 0.25) is 0 Å². The molecule has 2 N–H and O–H groups in total. The molecular weight excluding hydrogens is 352 g/mol. The van der Waals surface area contributed by atoms with Gasteiger partial charge < -0.3 is 0 Å². The predicted octanol–water partition coefficient (Wildman–Crippen LogP) is 3.27. The maximum absolute atomic E-state index is 13.5. The van der Waals surface area contributed by atoms with Crippen molar-refractivity contribution >= 4 is 29.1 Å². The smallest absolute Gasteiger partial charge is 0.197 e. The molecule has 7 nitrogen and oxygen atoms in total. The number of hydrogen-bond donors (Lipinski definition) is 2. The molecule has 0 atom stereocenters. The maximum atomic E-state index is 13.5. The van der Waals surface area contributed by atoms with Crippen LogP contribution in [0.1, 0.15) is 22.5 Å². The molecular formula is C21H16N6O. The van der Waals surface area contributed by atoms with Crippen LogP contribution in [0.25, 0.3) is 23.3 Å². The van der Waals surface area contributed by atoms with Crippen LogP contribution in [0, 0.1) is 0 Å². The van der Waals surface area contributed by atoms with Crippen molar-refractivity contribution in [2.45, 2.75) is 0 Å². The maximum Gasteiger partial charge on any atom is 0.197 e. The number of rotatable bonds is 6. The molecule has 0 amide bonds. The van der Waals surface area contributed by atoms with Gasteiger partial charge >= 0.3 is 0 Å².